The lowest BCUT2D eigenvalue weighted by Crippen LogP contribution is -2.25. The van der Waals surface area contributed by atoms with Gasteiger partial charge in [-0.25, -0.2) is 0 Å². The third-order valence-electron chi connectivity index (χ3n) is 2.36. The number of halogens is 3. The second kappa shape index (κ2) is 5.11. The second-order valence-electron chi connectivity index (χ2n) is 4.31. The summed E-state index contributed by atoms with van der Waals surface area (Å²) < 4.78 is 26.6. The maximum Gasteiger partial charge on any atom is 0.285 e. The second-order valence-corrected chi connectivity index (χ2v) is 4.72. The molecule has 0 spiro atoms. The number of rotatable bonds is 4. The highest BCUT2D eigenvalue weighted by Gasteiger charge is 2.29. The molecule has 16 heavy (non-hydrogen) atoms. The minimum atomic E-state index is -3.00. The number of hydrogen-bond acceptors (Lipinski definition) is 1. The van der Waals surface area contributed by atoms with Gasteiger partial charge in [-0.2, -0.15) is 8.78 Å². The maximum absolute atomic E-state index is 13.3. The minimum absolute atomic E-state index is 0.118. The van der Waals surface area contributed by atoms with Gasteiger partial charge < -0.3 is 5.73 Å². The van der Waals surface area contributed by atoms with Crippen molar-refractivity contribution in [2.75, 3.05) is 6.54 Å². The number of hydrogen-bond donors (Lipinski definition) is 1. The van der Waals surface area contributed by atoms with E-state index in [9.17, 15) is 8.78 Å². The molecule has 0 bridgehead atoms. The molecule has 0 amide bonds. The molecule has 0 heterocycles. The van der Waals surface area contributed by atoms with E-state index in [1.165, 1.54) is 12.1 Å². The quantitative estimate of drug-likeness (QED) is 0.865. The summed E-state index contributed by atoms with van der Waals surface area (Å²) in [5, 5.41) is 0.388. The van der Waals surface area contributed by atoms with Crippen molar-refractivity contribution in [1.29, 1.82) is 0 Å². The van der Waals surface area contributed by atoms with Crippen LogP contribution in [0.25, 0.3) is 0 Å². The van der Waals surface area contributed by atoms with Gasteiger partial charge in [-0.1, -0.05) is 37.6 Å². The van der Waals surface area contributed by atoms with Gasteiger partial charge in [-0.05, 0) is 24.0 Å². The van der Waals surface area contributed by atoms with Crippen LogP contribution in [0.1, 0.15) is 25.0 Å². The van der Waals surface area contributed by atoms with Gasteiger partial charge in [0.25, 0.3) is 5.92 Å². The molecule has 0 aromatic heterocycles. The Morgan fingerprint density at radius 2 is 2.00 bits per heavy atom. The molecule has 4 heteroatoms. The molecule has 90 valence electrons. The minimum Gasteiger partial charge on any atom is -0.325 e. The fourth-order valence-electron chi connectivity index (χ4n) is 1.50. The molecule has 0 aliphatic rings. The lowest BCUT2D eigenvalue weighted by Gasteiger charge is -2.16. The molecule has 1 aromatic carbocycles. The summed E-state index contributed by atoms with van der Waals surface area (Å²) in [6.07, 6.45) is 0.785. The Labute approximate surface area is 99.6 Å². The highest BCUT2D eigenvalue weighted by Crippen LogP contribution is 2.30. The van der Waals surface area contributed by atoms with Gasteiger partial charge in [0.15, 0.2) is 0 Å². The van der Waals surface area contributed by atoms with Crippen molar-refractivity contribution >= 4 is 11.6 Å². The van der Waals surface area contributed by atoms with E-state index in [4.69, 9.17) is 17.3 Å². The van der Waals surface area contributed by atoms with Crippen molar-refractivity contribution in [3.05, 3.63) is 34.3 Å². The van der Waals surface area contributed by atoms with Crippen LogP contribution < -0.4 is 5.73 Å². The summed E-state index contributed by atoms with van der Waals surface area (Å²) in [5.41, 5.74) is 5.79. The number of alkyl halides is 2. The normalized spacial score (nSPS) is 12.2. The fraction of sp³-hybridized carbons (Fsp3) is 0.500. The molecule has 0 saturated heterocycles. The van der Waals surface area contributed by atoms with E-state index in [0.717, 1.165) is 12.0 Å². The van der Waals surface area contributed by atoms with Crippen LogP contribution in [-0.4, -0.2) is 6.54 Å². The Kier molecular flexibility index (Phi) is 4.28. The van der Waals surface area contributed by atoms with Crippen molar-refractivity contribution in [2.24, 2.45) is 11.7 Å². The highest BCUT2D eigenvalue weighted by atomic mass is 35.5. The van der Waals surface area contributed by atoms with E-state index < -0.39 is 12.5 Å². The summed E-state index contributed by atoms with van der Waals surface area (Å²) in [7, 11) is 0. The first kappa shape index (κ1) is 13.4. The van der Waals surface area contributed by atoms with Crippen LogP contribution in [0, 0.1) is 5.92 Å². The SMILES string of the molecule is CC(C)Cc1ccc(C(F)(F)CN)cc1Cl. The predicted octanol–water partition coefficient (Wildman–Crippen LogP) is 3.59. The van der Waals surface area contributed by atoms with Gasteiger partial charge in [0.05, 0.1) is 6.54 Å². The van der Waals surface area contributed by atoms with Crippen LogP contribution in [0.2, 0.25) is 5.02 Å². The molecule has 1 rings (SSSR count). The van der Waals surface area contributed by atoms with Crippen LogP contribution in [0.5, 0.6) is 0 Å². The summed E-state index contributed by atoms with van der Waals surface area (Å²) in [6, 6.07) is 4.36. The maximum atomic E-state index is 13.3. The molecular formula is C12H16ClF2N. The standard InChI is InChI=1S/C12H16ClF2N/c1-8(2)5-9-3-4-10(6-11(9)13)12(14,15)7-16/h3-4,6,8H,5,7,16H2,1-2H3. The third-order valence-corrected chi connectivity index (χ3v) is 2.71. The first-order chi connectivity index (χ1) is 7.36. The smallest absolute Gasteiger partial charge is 0.285 e. The zero-order chi connectivity index (χ0) is 12.3. The van der Waals surface area contributed by atoms with Gasteiger partial charge in [0.1, 0.15) is 0 Å². The van der Waals surface area contributed by atoms with Crippen LogP contribution in [0.3, 0.4) is 0 Å². The molecule has 2 N–H and O–H groups in total. The van der Waals surface area contributed by atoms with Gasteiger partial charge in [-0.3, -0.25) is 0 Å². The topological polar surface area (TPSA) is 26.0 Å². The molecule has 1 nitrogen and oxygen atoms in total. The van der Waals surface area contributed by atoms with E-state index in [-0.39, 0.29) is 5.56 Å². The van der Waals surface area contributed by atoms with Crippen molar-refractivity contribution in [3.8, 4) is 0 Å². The first-order valence-electron chi connectivity index (χ1n) is 5.23. The van der Waals surface area contributed by atoms with Crippen molar-refractivity contribution in [1.82, 2.24) is 0 Å². The van der Waals surface area contributed by atoms with E-state index >= 15 is 0 Å². The summed E-state index contributed by atoms with van der Waals surface area (Å²) in [6.45, 7) is 3.41. The van der Waals surface area contributed by atoms with Crippen molar-refractivity contribution in [2.45, 2.75) is 26.2 Å². The highest BCUT2D eigenvalue weighted by molar-refractivity contribution is 6.31. The Morgan fingerprint density at radius 3 is 2.44 bits per heavy atom. The first-order valence-corrected chi connectivity index (χ1v) is 5.61. The number of benzene rings is 1. The Hall–Kier alpha value is -0.670. The number of nitrogens with two attached hydrogens (primary N) is 1. The van der Waals surface area contributed by atoms with Gasteiger partial charge in [-0.15, -0.1) is 0 Å². The van der Waals surface area contributed by atoms with Gasteiger partial charge in [0, 0.05) is 10.6 Å². The third kappa shape index (κ3) is 3.16. The van der Waals surface area contributed by atoms with Crippen molar-refractivity contribution < 1.29 is 8.78 Å². The molecule has 1 aromatic rings. The van der Waals surface area contributed by atoms with Crippen LogP contribution in [-0.2, 0) is 12.3 Å². The predicted molar refractivity (Wildman–Crippen MR) is 62.9 cm³/mol. The Balaban J connectivity index is 2.99. The molecule has 0 atom stereocenters. The van der Waals surface area contributed by atoms with E-state index in [2.05, 4.69) is 13.8 Å². The average molecular weight is 248 g/mol. The van der Waals surface area contributed by atoms with Crippen molar-refractivity contribution in [3.63, 3.8) is 0 Å². The molecule has 0 aliphatic carbocycles. The molecule has 0 fully saturated rings. The lowest BCUT2D eigenvalue weighted by molar-refractivity contribution is 0.00594. The zero-order valence-electron chi connectivity index (χ0n) is 9.43. The Bertz CT molecular complexity index is 364. The van der Waals surface area contributed by atoms with E-state index in [1.807, 2.05) is 0 Å². The summed E-state index contributed by atoms with van der Waals surface area (Å²) >= 11 is 5.96. The van der Waals surface area contributed by atoms with E-state index in [1.54, 1.807) is 6.07 Å². The average Bonchev–Trinajstić information content (AvgIpc) is 2.20. The lowest BCUT2D eigenvalue weighted by atomic mass is 10.00. The van der Waals surface area contributed by atoms with Gasteiger partial charge in [0.2, 0.25) is 0 Å². The summed E-state index contributed by atoms with van der Waals surface area (Å²) in [4.78, 5) is 0. The van der Waals surface area contributed by atoms with E-state index in [0.29, 0.717) is 10.9 Å². The van der Waals surface area contributed by atoms with Crippen LogP contribution >= 0.6 is 11.6 Å². The molecule has 0 radical (unpaired) electrons. The monoisotopic (exact) mass is 247 g/mol. The molecule has 0 aliphatic heterocycles. The van der Waals surface area contributed by atoms with Crippen LogP contribution in [0.15, 0.2) is 18.2 Å². The zero-order valence-corrected chi connectivity index (χ0v) is 10.2. The largest absolute Gasteiger partial charge is 0.325 e. The fourth-order valence-corrected chi connectivity index (χ4v) is 1.76. The molecule has 0 saturated carbocycles. The summed E-state index contributed by atoms with van der Waals surface area (Å²) in [5.74, 6) is -2.56. The molecular weight excluding hydrogens is 232 g/mol. The molecule has 0 unspecified atom stereocenters. The van der Waals surface area contributed by atoms with Crippen LogP contribution in [0.4, 0.5) is 8.78 Å². The Morgan fingerprint density at radius 1 is 1.38 bits per heavy atom. The van der Waals surface area contributed by atoms with Gasteiger partial charge >= 0.3 is 0 Å².